The summed E-state index contributed by atoms with van der Waals surface area (Å²) in [5.74, 6) is 0. The van der Waals surface area contributed by atoms with Crippen molar-refractivity contribution < 1.29 is 15.8 Å². The van der Waals surface area contributed by atoms with Gasteiger partial charge in [-0.3, -0.25) is 0 Å². The second-order valence-electron chi connectivity index (χ2n) is 6.26. The Kier molecular flexibility index (Phi) is 5.22. The summed E-state index contributed by atoms with van der Waals surface area (Å²) in [7, 11) is 0. The maximum atomic E-state index is 2.83. The van der Waals surface area contributed by atoms with Crippen LogP contribution in [0.3, 0.4) is 0 Å². The molecule has 3 aromatic carbocycles. The van der Waals surface area contributed by atoms with Crippen molar-refractivity contribution in [2.75, 3.05) is 0 Å². The summed E-state index contributed by atoms with van der Waals surface area (Å²) in [6, 6.07) is 27.6. The SMILES string of the molecule is Cc1cc[c]([Hf]([I])([c]2ccc(C)cc2)[c]2ccc(C)cc2)cc1. The molecule has 0 bridgehead atoms. The molecule has 0 unspecified atom stereocenters. The van der Waals surface area contributed by atoms with Gasteiger partial charge >= 0.3 is 154 Å². The molecule has 2 heteroatoms. The summed E-state index contributed by atoms with van der Waals surface area (Å²) in [4.78, 5) is 0. The normalized spacial score (nSPS) is 11.5. The third kappa shape index (κ3) is 3.53. The molecule has 0 aliphatic carbocycles. The van der Waals surface area contributed by atoms with Crippen molar-refractivity contribution in [3.05, 3.63) is 89.5 Å². The Morgan fingerprint density at radius 3 is 0.913 bits per heavy atom. The summed E-state index contributed by atoms with van der Waals surface area (Å²) < 4.78 is 4.62. The van der Waals surface area contributed by atoms with Crippen LogP contribution in [0.4, 0.5) is 0 Å². The monoisotopic (exact) mass is 580 g/mol. The minimum atomic E-state index is -3.06. The summed E-state index contributed by atoms with van der Waals surface area (Å²) in [6.07, 6.45) is 0. The molecular weight excluding hydrogens is 558 g/mol. The van der Waals surface area contributed by atoms with E-state index in [-0.39, 0.29) is 0 Å². The molecule has 3 rings (SSSR count). The van der Waals surface area contributed by atoms with Crippen molar-refractivity contribution in [1.29, 1.82) is 0 Å². The van der Waals surface area contributed by atoms with Crippen molar-refractivity contribution in [3.63, 3.8) is 0 Å². The molecule has 0 amide bonds. The van der Waals surface area contributed by atoms with E-state index in [0.29, 0.717) is 0 Å². The first kappa shape index (κ1) is 17.1. The van der Waals surface area contributed by atoms with Gasteiger partial charge in [-0.15, -0.1) is 0 Å². The number of hydrogen-bond donors (Lipinski definition) is 0. The van der Waals surface area contributed by atoms with E-state index in [1.54, 1.807) is 0 Å². The van der Waals surface area contributed by atoms with Gasteiger partial charge in [-0.1, -0.05) is 0 Å². The van der Waals surface area contributed by atoms with Crippen molar-refractivity contribution >= 4 is 28.1 Å². The van der Waals surface area contributed by atoms with Gasteiger partial charge in [0.25, 0.3) is 0 Å². The van der Waals surface area contributed by atoms with E-state index in [4.69, 9.17) is 0 Å². The third-order valence-electron chi connectivity index (χ3n) is 4.35. The predicted molar refractivity (Wildman–Crippen MR) is 106 cm³/mol. The van der Waals surface area contributed by atoms with Crippen LogP contribution in [-0.4, -0.2) is 0 Å². The zero-order valence-electron chi connectivity index (χ0n) is 13.8. The van der Waals surface area contributed by atoms with Crippen molar-refractivity contribution in [2.45, 2.75) is 20.8 Å². The molecule has 0 fully saturated rings. The third-order valence-corrected chi connectivity index (χ3v) is 31.8. The van der Waals surface area contributed by atoms with Crippen LogP contribution in [0, 0.1) is 20.8 Å². The van der Waals surface area contributed by atoms with Crippen molar-refractivity contribution in [1.82, 2.24) is 0 Å². The average Bonchev–Trinajstić information content (AvgIpc) is 2.56. The number of hydrogen-bond acceptors (Lipinski definition) is 0. The van der Waals surface area contributed by atoms with Gasteiger partial charge in [-0.25, -0.2) is 0 Å². The fourth-order valence-corrected chi connectivity index (χ4v) is 22.0. The van der Waals surface area contributed by atoms with Gasteiger partial charge in [0, 0.05) is 0 Å². The molecule has 3 aromatic rings. The zero-order valence-corrected chi connectivity index (χ0v) is 19.6. The molecule has 0 spiro atoms. The van der Waals surface area contributed by atoms with Crippen LogP contribution in [0.2, 0.25) is 0 Å². The van der Waals surface area contributed by atoms with Gasteiger partial charge in [0.1, 0.15) is 0 Å². The van der Waals surface area contributed by atoms with Crippen LogP contribution in [0.5, 0.6) is 0 Å². The summed E-state index contributed by atoms with van der Waals surface area (Å²) in [5, 5.41) is 0. The molecule has 0 nitrogen and oxygen atoms in total. The predicted octanol–water partition coefficient (Wildman–Crippen LogP) is 4.39. The molecule has 0 saturated carbocycles. The van der Waals surface area contributed by atoms with Crippen LogP contribution >= 0.6 is 18.1 Å². The minimum absolute atomic E-state index is 1.33. The first-order valence-electron chi connectivity index (χ1n) is 7.90. The van der Waals surface area contributed by atoms with E-state index >= 15 is 0 Å². The number of aryl methyl sites for hydroxylation is 3. The van der Waals surface area contributed by atoms with Gasteiger partial charge < -0.3 is 0 Å². The molecule has 0 radical (unpaired) electrons. The van der Waals surface area contributed by atoms with E-state index in [1.807, 2.05) is 0 Å². The first-order valence-corrected chi connectivity index (χ1v) is 23.5. The topological polar surface area (TPSA) is 0 Å². The quantitative estimate of drug-likeness (QED) is 0.320. The van der Waals surface area contributed by atoms with Crippen LogP contribution in [0.1, 0.15) is 16.7 Å². The zero-order chi connectivity index (χ0) is 16.4. The molecule has 0 atom stereocenters. The first-order chi connectivity index (χ1) is 11.0. The van der Waals surface area contributed by atoms with Gasteiger partial charge in [0.15, 0.2) is 0 Å². The van der Waals surface area contributed by atoms with E-state index in [1.165, 1.54) is 26.7 Å². The summed E-state index contributed by atoms with van der Waals surface area (Å²) >= 11 is -0.228. The van der Waals surface area contributed by atoms with Crippen LogP contribution in [-0.2, 0) is 15.8 Å². The molecule has 0 aliphatic heterocycles. The standard InChI is InChI=1S/3C7H7.Hf.HI/c3*1-7-5-3-2-4-6-7;;/h3*3-6H,1H3;;1H/q;;;+1;/p-1. The van der Waals surface area contributed by atoms with Gasteiger partial charge in [0.05, 0.1) is 0 Å². The van der Waals surface area contributed by atoms with E-state index in [0.717, 1.165) is 0 Å². The van der Waals surface area contributed by atoms with E-state index in [2.05, 4.69) is 112 Å². The molecule has 0 aromatic heterocycles. The molecule has 0 N–H and O–H groups in total. The number of rotatable bonds is 3. The molecular formula is C21H21HfI. The summed E-state index contributed by atoms with van der Waals surface area (Å²) in [5.41, 5.74) is 3.98. The van der Waals surface area contributed by atoms with Gasteiger partial charge in [-0.05, 0) is 0 Å². The van der Waals surface area contributed by atoms with Crippen LogP contribution < -0.4 is 9.96 Å². The van der Waals surface area contributed by atoms with Gasteiger partial charge in [-0.2, -0.15) is 0 Å². The molecule has 0 heterocycles. The molecule has 0 saturated heterocycles. The second kappa shape index (κ2) is 7.02. The number of benzene rings is 3. The Morgan fingerprint density at radius 2 is 0.696 bits per heavy atom. The average molecular weight is 579 g/mol. The maximum absolute atomic E-state index is 3.06. The molecule has 116 valence electrons. The van der Waals surface area contributed by atoms with Gasteiger partial charge in [0.2, 0.25) is 0 Å². The second-order valence-corrected chi connectivity index (χ2v) is 30.5. The Labute approximate surface area is 153 Å². The Morgan fingerprint density at radius 1 is 0.478 bits per heavy atom. The fourth-order valence-electron chi connectivity index (χ4n) is 2.85. The van der Waals surface area contributed by atoms with Crippen LogP contribution in [0.15, 0.2) is 72.8 Å². The van der Waals surface area contributed by atoms with E-state index < -0.39 is 15.8 Å². The Hall–Kier alpha value is -0.740. The molecule has 0 aliphatic rings. The van der Waals surface area contributed by atoms with E-state index in [9.17, 15) is 0 Å². The Bertz CT molecular complexity index is 676. The Balaban J connectivity index is 2.21. The fraction of sp³-hybridized carbons (Fsp3) is 0.143. The van der Waals surface area contributed by atoms with Crippen molar-refractivity contribution in [3.8, 4) is 0 Å². The molecule has 23 heavy (non-hydrogen) atoms. The van der Waals surface area contributed by atoms with Crippen molar-refractivity contribution in [2.24, 2.45) is 0 Å². The van der Waals surface area contributed by atoms with Crippen LogP contribution in [0.25, 0.3) is 0 Å². The summed E-state index contributed by atoms with van der Waals surface area (Å²) in [6.45, 7) is 6.48. The number of halogens is 1.